The Kier molecular flexibility index (Phi) is 3.30. The van der Waals surface area contributed by atoms with Crippen LogP contribution in [0.25, 0.3) is 0 Å². The van der Waals surface area contributed by atoms with Crippen LogP contribution in [0.2, 0.25) is 0 Å². The molecule has 1 saturated heterocycles. The van der Waals surface area contributed by atoms with Crippen molar-refractivity contribution in [3.05, 3.63) is 29.8 Å². The Balaban J connectivity index is 2.19. The molecule has 0 spiro atoms. The average Bonchev–Trinajstić information content (AvgIpc) is 2.77. The Hall–Kier alpha value is -0.980. The van der Waals surface area contributed by atoms with Gasteiger partial charge >= 0.3 is 0 Å². The maximum Gasteiger partial charge on any atom is 0.0983 e. The van der Waals surface area contributed by atoms with Gasteiger partial charge < -0.3 is 4.74 Å². The first-order chi connectivity index (χ1) is 7.35. The van der Waals surface area contributed by atoms with Gasteiger partial charge in [-0.15, -0.1) is 11.8 Å². The number of benzene rings is 1. The molecule has 2 atom stereocenters. The maximum absolute atomic E-state index is 8.96. The molecule has 0 N–H and O–H groups in total. The smallest absolute Gasteiger partial charge is 0.0983 e. The molecule has 1 aromatic carbocycles. The Bertz CT molecular complexity index is 368. The van der Waals surface area contributed by atoms with Crippen molar-refractivity contribution < 1.29 is 4.74 Å². The largest absolute Gasteiger partial charge is 0.372 e. The molecule has 0 aromatic heterocycles. The van der Waals surface area contributed by atoms with Crippen LogP contribution in [0, 0.1) is 17.2 Å². The van der Waals surface area contributed by atoms with Gasteiger partial charge in [0.2, 0.25) is 0 Å². The van der Waals surface area contributed by atoms with Gasteiger partial charge in [0.25, 0.3) is 0 Å². The second kappa shape index (κ2) is 4.69. The van der Waals surface area contributed by atoms with E-state index in [2.05, 4.69) is 36.6 Å². The molecule has 1 fully saturated rings. The number of ether oxygens (including phenoxy) is 1. The Morgan fingerprint density at radius 3 is 2.73 bits per heavy atom. The van der Waals surface area contributed by atoms with Crippen molar-refractivity contribution in [1.82, 2.24) is 0 Å². The number of hydrogen-bond donors (Lipinski definition) is 0. The summed E-state index contributed by atoms with van der Waals surface area (Å²) in [5.41, 5.74) is 1.12. The molecule has 1 heterocycles. The molecule has 0 aliphatic carbocycles. The molecule has 78 valence electrons. The lowest BCUT2D eigenvalue weighted by atomic mass is 9.97. The van der Waals surface area contributed by atoms with Gasteiger partial charge in [-0.2, -0.15) is 5.26 Å². The summed E-state index contributed by atoms with van der Waals surface area (Å²) in [6.07, 6.45) is 2.89. The van der Waals surface area contributed by atoms with Gasteiger partial charge in [0.05, 0.1) is 18.1 Å². The van der Waals surface area contributed by atoms with E-state index in [9.17, 15) is 0 Å². The van der Waals surface area contributed by atoms with Crippen LogP contribution in [-0.2, 0) is 4.74 Å². The van der Waals surface area contributed by atoms with Gasteiger partial charge in [-0.3, -0.25) is 0 Å². The highest BCUT2D eigenvalue weighted by Crippen LogP contribution is 2.34. The van der Waals surface area contributed by atoms with E-state index in [4.69, 9.17) is 10.00 Å². The number of nitrogens with zero attached hydrogens (tertiary/aromatic N) is 1. The predicted octanol–water partition coefficient (Wildman–Crippen LogP) is 3.01. The minimum atomic E-state index is -0.0223. The van der Waals surface area contributed by atoms with Crippen molar-refractivity contribution in [2.75, 3.05) is 12.9 Å². The molecule has 1 aliphatic heterocycles. The highest BCUT2D eigenvalue weighted by atomic mass is 32.2. The summed E-state index contributed by atoms with van der Waals surface area (Å²) < 4.78 is 5.59. The SMILES string of the molecule is CSc1ccc(C2OCCC2C#N)cc1. The summed E-state index contributed by atoms with van der Waals surface area (Å²) in [4.78, 5) is 1.24. The van der Waals surface area contributed by atoms with Gasteiger partial charge in [-0.1, -0.05) is 12.1 Å². The van der Waals surface area contributed by atoms with Crippen LogP contribution in [0.3, 0.4) is 0 Å². The normalized spacial score (nSPS) is 25.1. The summed E-state index contributed by atoms with van der Waals surface area (Å²) in [5, 5.41) is 8.96. The minimum Gasteiger partial charge on any atom is -0.372 e. The molecule has 2 nitrogen and oxygen atoms in total. The van der Waals surface area contributed by atoms with E-state index in [0.717, 1.165) is 12.0 Å². The molecule has 0 bridgehead atoms. The standard InChI is InChI=1S/C12H13NOS/c1-15-11-4-2-9(3-5-11)12-10(8-13)6-7-14-12/h2-5,10,12H,6-7H2,1H3. The fraction of sp³-hybridized carbons (Fsp3) is 0.417. The Morgan fingerprint density at radius 1 is 1.40 bits per heavy atom. The predicted molar refractivity (Wildman–Crippen MR) is 60.6 cm³/mol. The lowest BCUT2D eigenvalue weighted by molar-refractivity contribution is 0.101. The molecule has 0 saturated carbocycles. The van der Waals surface area contributed by atoms with Crippen molar-refractivity contribution in [1.29, 1.82) is 5.26 Å². The summed E-state index contributed by atoms with van der Waals surface area (Å²) in [6, 6.07) is 10.6. The third-order valence-electron chi connectivity index (χ3n) is 2.70. The highest BCUT2D eigenvalue weighted by Gasteiger charge is 2.29. The third kappa shape index (κ3) is 2.17. The second-order valence-corrected chi connectivity index (χ2v) is 4.47. The summed E-state index contributed by atoms with van der Waals surface area (Å²) >= 11 is 1.72. The van der Waals surface area contributed by atoms with Crippen LogP contribution in [-0.4, -0.2) is 12.9 Å². The fourth-order valence-corrected chi connectivity index (χ4v) is 2.25. The van der Waals surface area contributed by atoms with E-state index in [0.29, 0.717) is 6.61 Å². The first-order valence-corrected chi connectivity index (χ1v) is 6.23. The molecule has 15 heavy (non-hydrogen) atoms. The molecule has 0 radical (unpaired) electrons. The monoisotopic (exact) mass is 219 g/mol. The number of nitriles is 1. The number of thioether (sulfide) groups is 1. The topological polar surface area (TPSA) is 33.0 Å². The van der Waals surface area contributed by atoms with Crippen molar-refractivity contribution in [3.8, 4) is 6.07 Å². The minimum absolute atomic E-state index is 0.0186. The first-order valence-electron chi connectivity index (χ1n) is 5.00. The highest BCUT2D eigenvalue weighted by molar-refractivity contribution is 7.98. The molecular weight excluding hydrogens is 206 g/mol. The van der Waals surface area contributed by atoms with Crippen molar-refractivity contribution in [3.63, 3.8) is 0 Å². The van der Waals surface area contributed by atoms with Crippen LogP contribution < -0.4 is 0 Å². The molecule has 3 heteroatoms. The quantitative estimate of drug-likeness (QED) is 0.717. The van der Waals surface area contributed by atoms with E-state index < -0.39 is 0 Å². The molecule has 0 amide bonds. The third-order valence-corrected chi connectivity index (χ3v) is 3.45. The Labute approximate surface area is 94.2 Å². The number of hydrogen-bond acceptors (Lipinski definition) is 3. The van der Waals surface area contributed by atoms with Gasteiger partial charge in [0, 0.05) is 11.5 Å². The molecule has 1 aliphatic rings. The van der Waals surface area contributed by atoms with Crippen LogP contribution in [0.1, 0.15) is 18.1 Å². The maximum atomic E-state index is 8.96. The van der Waals surface area contributed by atoms with E-state index in [-0.39, 0.29) is 12.0 Å². The van der Waals surface area contributed by atoms with Crippen LogP contribution in [0.5, 0.6) is 0 Å². The van der Waals surface area contributed by atoms with E-state index in [1.54, 1.807) is 11.8 Å². The van der Waals surface area contributed by atoms with E-state index in [1.807, 2.05) is 0 Å². The second-order valence-electron chi connectivity index (χ2n) is 3.59. The zero-order chi connectivity index (χ0) is 10.7. The van der Waals surface area contributed by atoms with Crippen LogP contribution >= 0.6 is 11.8 Å². The molecule has 2 rings (SSSR count). The van der Waals surface area contributed by atoms with Crippen molar-refractivity contribution in [2.24, 2.45) is 5.92 Å². The van der Waals surface area contributed by atoms with Gasteiger partial charge in [0.1, 0.15) is 0 Å². The van der Waals surface area contributed by atoms with Gasteiger partial charge in [-0.05, 0) is 30.4 Å². The number of rotatable bonds is 2. The molecule has 1 aromatic rings. The Morgan fingerprint density at radius 2 is 2.13 bits per heavy atom. The summed E-state index contributed by atoms with van der Waals surface area (Å²) in [6.45, 7) is 0.702. The fourth-order valence-electron chi connectivity index (χ4n) is 1.84. The van der Waals surface area contributed by atoms with Crippen molar-refractivity contribution in [2.45, 2.75) is 17.4 Å². The van der Waals surface area contributed by atoms with Crippen LogP contribution in [0.15, 0.2) is 29.2 Å². The molecule has 2 unspecified atom stereocenters. The average molecular weight is 219 g/mol. The van der Waals surface area contributed by atoms with Gasteiger partial charge in [-0.25, -0.2) is 0 Å². The summed E-state index contributed by atoms with van der Waals surface area (Å²) in [5.74, 6) is 0.0186. The summed E-state index contributed by atoms with van der Waals surface area (Å²) in [7, 11) is 0. The zero-order valence-electron chi connectivity index (χ0n) is 8.64. The molecular formula is C12H13NOS. The lowest BCUT2D eigenvalue weighted by Crippen LogP contribution is -2.04. The van der Waals surface area contributed by atoms with E-state index >= 15 is 0 Å². The first kappa shape index (κ1) is 10.5. The van der Waals surface area contributed by atoms with Crippen LogP contribution in [0.4, 0.5) is 0 Å². The van der Waals surface area contributed by atoms with E-state index in [1.165, 1.54) is 4.90 Å². The van der Waals surface area contributed by atoms with Crippen molar-refractivity contribution >= 4 is 11.8 Å². The lowest BCUT2D eigenvalue weighted by Gasteiger charge is -2.13. The van der Waals surface area contributed by atoms with Gasteiger partial charge in [0.15, 0.2) is 0 Å². The zero-order valence-corrected chi connectivity index (χ0v) is 9.46.